The first kappa shape index (κ1) is 14.4. The molecule has 0 aromatic rings. The molecular formula is C9H20BrNO2S. The summed E-state index contributed by atoms with van der Waals surface area (Å²) in [5, 5.41) is 0.699. The summed E-state index contributed by atoms with van der Waals surface area (Å²) in [6.45, 7) is 7.04. The second-order valence-electron chi connectivity index (χ2n) is 3.76. The summed E-state index contributed by atoms with van der Waals surface area (Å²) in [6, 6.07) is 0. The lowest BCUT2D eigenvalue weighted by atomic mass is 10.3. The molecule has 0 unspecified atom stereocenters. The Morgan fingerprint density at radius 1 is 1.29 bits per heavy atom. The molecule has 14 heavy (non-hydrogen) atoms. The number of halogens is 1. The molecule has 0 aliphatic carbocycles. The van der Waals surface area contributed by atoms with Gasteiger partial charge in [0, 0.05) is 18.4 Å². The summed E-state index contributed by atoms with van der Waals surface area (Å²) in [4.78, 5) is 0. The highest BCUT2D eigenvalue weighted by Gasteiger charge is 2.21. The molecule has 0 aromatic carbocycles. The number of hydrogen-bond acceptors (Lipinski definition) is 2. The van der Waals surface area contributed by atoms with Crippen LogP contribution in [0.1, 0.15) is 27.2 Å². The van der Waals surface area contributed by atoms with E-state index in [0.717, 1.165) is 6.42 Å². The minimum absolute atomic E-state index is 0.190. The molecule has 0 radical (unpaired) electrons. The largest absolute Gasteiger partial charge is 0.214 e. The minimum Gasteiger partial charge on any atom is -0.212 e. The van der Waals surface area contributed by atoms with Gasteiger partial charge in [-0.3, -0.25) is 0 Å². The zero-order valence-corrected chi connectivity index (χ0v) is 11.6. The fourth-order valence-electron chi connectivity index (χ4n) is 1.26. The molecule has 0 N–H and O–H groups in total. The maximum Gasteiger partial charge on any atom is 0.214 e. The third kappa shape index (κ3) is 5.32. The van der Waals surface area contributed by atoms with Crippen molar-refractivity contribution in [3.8, 4) is 0 Å². The molecular weight excluding hydrogens is 266 g/mol. The zero-order chi connectivity index (χ0) is 11.2. The van der Waals surface area contributed by atoms with Gasteiger partial charge in [-0.25, -0.2) is 12.7 Å². The molecule has 0 rings (SSSR count). The third-order valence-electron chi connectivity index (χ3n) is 1.74. The standard InChI is InChI=1S/C9H20BrNO2S/c1-4-6-11(7-5-10)14(12,13)8-9(2)3/h9H,4-8H2,1-3H3. The maximum atomic E-state index is 11.8. The molecule has 0 bridgehead atoms. The third-order valence-corrected chi connectivity index (χ3v) is 4.34. The first-order chi connectivity index (χ1) is 6.44. The van der Waals surface area contributed by atoms with Crippen molar-refractivity contribution < 1.29 is 8.42 Å². The van der Waals surface area contributed by atoms with Crippen LogP contribution in [0.15, 0.2) is 0 Å². The molecule has 0 fully saturated rings. The van der Waals surface area contributed by atoms with Crippen LogP contribution in [0.5, 0.6) is 0 Å². The van der Waals surface area contributed by atoms with Crippen LogP contribution in [0, 0.1) is 5.92 Å². The SMILES string of the molecule is CCCN(CCBr)S(=O)(=O)CC(C)C. The second-order valence-corrected chi connectivity index (χ2v) is 6.57. The fourth-order valence-corrected chi connectivity index (χ4v) is 3.81. The molecule has 0 amide bonds. The van der Waals surface area contributed by atoms with Crippen LogP contribution in [0.25, 0.3) is 0 Å². The van der Waals surface area contributed by atoms with Crippen LogP contribution in [0.2, 0.25) is 0 Å². The number of hydrogen-bond donors (Lipinski definition) is 0. The molecule has 0 saturated heterocycles. The van der Waals surface area contributed by atoms with Gasteiger partial charge < -0.3 is 0 Å². The van der Waals surface area contributed by atoms with Gasteiger partial charge in [0.05, 0.1) is 5.75 Å². The highest BCUT2D eigenvalue weighted by Crippen LogP contribution is 2.08. The van der Waals surface area contributed by atoms with E-state index in [0.29, 0.717) is 18.4 Å². The van der Waals surface area contributed by atoms with Crippen molar-refractivity contribution in [3.63, 3.8) is 0 Å². The Balaban J connectivity index is 4.45. The number of rotatable bonds is 7. The lowest BCUT2D eigenvalue weighted by Crippen LogP contribution is -2.36. The predicted octanol–water partition coefficient (Wildman–Crippen LogP) is 2.08. The Kier molecular flexibility index (Phi) is 6.99. The smallest absolute Gasteiger partial charge is 0.212 e. The molecule has 0 aliphatic heterocycles. The highest BCUT2D eigenvalue weighted by atomic mass is 79.9. The molecule has 5 heteroatoms. The molecule has 0 saturated carbocycles. The van der Waals surface area contributed by atoms with Crippen LogP contribution < -0.4 is 0 Å². The quantitative estimate of drug-likeness (QED) is 0.672. The summed E-state index contributed by atoms with van der Waals surface area (Å²) >= 11 is 3.27. The topological polar surface area (TPSA) is 37.4 Å². The van der Waals surface area contributed by atoms with Gasteiger partial charge in [0.1, 0.15) is 0 Å². The Morgan fingerprint density at radius 3 is 2.21 bits per heavy atom. The Hall–Kier alpha value is 0.390. The van der Waals surface area contributed by atoms with Crippen LogP contribution >= 0.6 is 15.9 Å². The van der Waals surface area contributed by atoms with E-state index in [-0.39, 0.29) is 11.7 Å². The molecule has 0 spiro atoms. The van der Waals surface area contributed by atoms with Crippen molar-refractivity contribution >= 4 is 26.0 Å². The summed E-state index contributed by atoms with van der Waals surface area (Å²) in [5.74, 6) is 0.440. The van der Waals surface area contributed by atoms with E-state index in [1.807, 2.05) is 20.8 Å². The molecule has 0 aromatic heterocycles. The van der Waals surface area contributed by atoms with Gasteiger partial charge in [-0.2, -0.15) is 0 Å². The minimum atomic E-state index is -3.04. The van der Waals surface area contributed by atoms with Crippen molar-refractivity contribution in [2.24, 2.45) is 5.92 Å². The Labute approximate surface area is 96.0 Å². The predicted molar refractivity (Wildman–Crippen MR) is 64.3 cm³/mol. The van der Waals surface area contributed by atoms with Gasteiger partial charge in [-0.05, 0) is 12.3 Å². The summed E-state index contributed by atoms with van der Waals surface area (Å²) < 4.78 is 25.2. The molecule has 0 atom stereocenters. The monoisotopic (exact) mass is 285 g/mol. The van der Waals surface area contributed by atoms with E-state index in [1.54, 1.807) is 4.31 Å². The van der Waals surface area contributed by atoms with E-state index < -0.39 is 10.0 Å². The van der Waals surface area contributed by atoms with Crippen molar-refractivity contribution in [1.82, 2.24) is 4.31 Å². The molecule has 86 valence electrons. The number of nitrogens with zero attached hydrogens (tertiary/aromatic N) is 1. The molecule has 3 nitrogen and oxygen atoms in total. The van der Waals surface area contributed by atoms with Crippen LogP contribution in [-0.4, -0.2) is 36.9 Å². The lowest BCUT2D eigenvalue weighted by molar-refractivity contribution is 0.425. The van der Waals surface area contributed by atoms with Crippen LogP contribution in [0.4, 0.5) is 0 Å². The molecule has 0 aliphatic rings. The number of alkyl halides is 1. The van der Waals surface area contributed by atoms with Gasteiger partial charge in [-0.1, -0.05) is 36.7 Å². The normalized spacial score (nSPS) is 12.7. The maximum absolute atomic E-state index is 11.8. The van der Waals surface area contributed by atoms with Crippen molar-refractivity contribution in [1.29, 1.82) is 0 Å². The Bertz CT molecular complexity index is 233. The summed E-state index contributed by atoms with van der Waals surface area (Å²) in [6.07, 6.45) is 0.865. The van der Waals surface area contributed by atoms with Gasteiger partial charge in [0.25, 0.3) is 0 Å². The van der Waals surface area contributed by atoms with Gasteiger partial charge in [0.2, 0.25) is 10.0 Å². The van der Waals surface area contributed by atoms with Gasteiger partial charge in [0.15, 0.2) is 0 Å². The Morgan fingerprint density at radius 2 is 1.86 bits per heavy atom. The zero-order valence-electron chi connectivity index (χ0n) is 9.16. The van der Waals surface area contributed by atoms with Crippen molar-refractivity contribution in [3.05, 3.63) is 0 Å². The summed E-state index contributed by atoms with van der Waals surface area (Å²) in [5.41, 5.74) is 0. The first-order valence-corrected chi connectivity index (χ1v) is 7.70. The van der Waals surface area contributed by atoms with E-state index in [1.165, 1.54) is 0 Å². The molecule has 0 heterocycles. The van der Waals surface area contributed by atoms with Crippen molar-refractivity contribution in [2.45, 2.75) is 27.2 Å². The second kappa shape index (κ2) is 6.80. The lowest BCUT2D eigenvalue weighted by Gasteiger charge is -2.21. The summed E-state index contributed by atoms with van der Waals surface area (Å²) in [7, 11) is -3.04. The van der Waals surface area contributed by atoms with Gasteiger partial charge in [-0.15, -0.1) is 0 Å². The van der Waals surface area contributed by atoms with E-state index in [2.05, 4.69) is 15.9 Å². The first-order valence-electron chi connectivity index (χ1n) is 4.97. The number of sulfonamides is 1. The highest BCUT2D eigenvalue weighted by molar-refractivity contribution is 9.09. The fraction of sp³-hybridized carbons (Fsp3) is 1.00. The van der Waals surface area contributed by atoms with E-state index in [4.69, 9.17) is 0 Å². The van der Waals surface area contributed by atoms with Crippen LogP contribution in [0.3, 0.4) is 0 Å². The average molecular weight is 286 g/mol. The van der Waals surface area contributed by atoms with Crippen LogP contribution in [-0.2, 0) is 10.0 Å². The van der Waals surface area contributed by atoms with Crippen molar-refractivity contribution in [2.75, 3.05) is 24.2 Å². The average Bonchev–Trinajstić information content (AvgIpc) is 2.01. The van der Waals surface area contributed by atoms with Gasteiger partial charge >= 0.3 is 0 Å². The van der Waals surface area contributed by atoms with E-state index >= 15 is 0 Å². The van der Waals surface area contributed by atoms with E-state index in [9.17, 15) is 8.42 Å².